The average Bonchev–Trinajstić information content (AvgIpc) is 2.38. The maximum atomic E-state index is 6.39. The second-order valence-corrected chi connectivity index (χ2v) is 5.48. The van der Waals surface area contributed by atoms with E-state index in [1.54, 1.807) is 0 Å². The van der Waals surface area contributed by atoms with Gasteiger partial charge >= 0.3 is 0 Å². The normalized spacial score (nSPS) is 26.8. The molecule has 1 aliphatic carbocycles. The standard InChI is InChI=1S/C15H24N2/c1-3-12-5-4-6-13(10-12)15(16)14-9-11(2)7-8-17-14/h7-9,12-13,15H,3-6,10,16H2,1-2H3. The van der Waals surface area contributed by atoms with Crippen LogP contribution in [0.4, 0.5) is 0 Å². The number of nitrogens with zero attached hydrogens (tertiary/aromatic N) is 1. The molecule has 3 unspecified atom stereocenters. The Morgan fingerprint density at radius 3 is 3.00 bits per heavy atom. The van der Waals surface area contributed by atoms with Gasteiger partial charge in [-0.25, -0.2) is 0 Å². The van der Waals surface area contributed by atoms with Crippen LogP contribution in [0.1, 0.15) is 56.3 Å². The van der Waals surface area contributed by atoms with E-state index in [2.05, 4.69) is 24.9 Å². The zero-order valence-electron chi connectivity index (χ0n) is 11.0. The average molecular weight is 232 g/mol. The van der Waals surface area contributed by atoms with Crippen molar-refractivity contribution in [3.8, 4) is 0 Å². The van der Waals surface area contributed by atoms with Crippen molar-refractivity contribution in [1.29, 1.82) is 0 Å². The Hall–Kier alpha value is -0.890. The van der Waals surface area contributed by atoms with Gasteiger partial charge in [0.05, 0.1) is 5.69 Å². The Labute approximate surface area is 105 Å². The first-order chi connectivity index (χ1) is 8.20. The van der Waals surface area contributed by atoms with Gasteiger partial charge in [0.25, 0.3) is 0 Å². The molecule has 1 aromatic rings. The molecule has 1 fully saturated rings. The van der Waals surface area contributed by atoms with Crippen LogP contribution in [0, 0.1) is 18.8 Å². The summed E-state index contributed by atoms with van der Waals surface area (Å²) in [5.74, 6) is 1.51. The third-order valence-electron chi connectivity index (χ3n) is 4.19. The Morgan fingerprint density at radius 2 is 2.29 bits per heavy atom. The van der Waals surface area contributed by atoms with Gasteiger partial charge in [-0.1, -0.05) is 26.2 Å². The minimum Gasteiger partial charge on any atom is -0.322 e. The highest BCUT2D eigenvalue weighted by Crippen LogP contribution is 2.36. The summed E-state index contributed by atoms with van der Waals surface area (Å²) in [4.78, 5) is 4.44. The lowest BCUT2D eigenvalue weighted by Gasteiger charge is -2.32. The molecule has 1 aliphatic rings. The molecule has 17 heavy (non-hydrogen) atoms. The summed E-state index contributed by atoms with van der Waals surface area (Å²) in [6.45, 7) is 4.40. The second-order valence-electron chi connectivity index (χ2n) is 5.48. The van der Waals surface area contributed by atoms with Crippen molar-refractivity contribution in [2.24, 2.45) is 17.6 Å². The zero-order chi connectivity index (χ0) is 12.3. The van der Waals surface area contributed by atoms with Crippen LogP contribution >= 0.6 is 0 Å². The van der Waals surface area contributed by atoms with Gasteiger partial charge in [-0.2, -0.15) is 0 Å². The lowest BCUT2D eigenvalue weighted by atomic mass is 9.76. The molecular weight excluding hydrogens is 208 g/mol. The third kappa shape index (κ3) is 3.06. The van der Waals surface area contributed by atoms with E-state index in [4.69, 9.17) is 5.73 Å². The predicted molar refractivity (Wildman–Crippen MR) is 71.6 cm³/mol. The van der Waals surface area contributed by atoms with Crippen LogP contribution in [0.15, 0.2) is 18.3 Å². The summed E-state index contributed by atoms with van der Waals surface area (Å²) < 4.78 is 0. The van der Waals surface area contributed by atoms with Gasteiger partial charge in [0.2, 0.25) is 0 Å². The molecule has 0 radical (unpaired) electrons. The van der Waals surface area contributed by atoms with E-state index < -0.39 is 0 Å². The zero-order valence-corrected chi connectivity index (χ0v) is 11.0. The fourth-order valence-electron chi connectivity index (χ4n) is 3.01. The molecule has 0 amide bonds. The molecule has 2 rings (SSSR count). The summed E-state index contributed by atoms with van der Waals surface area (Å²) in [5.41, 5.74) is 8.73. The lowest BCUT2D eigenvalue weighted by Crippen LogP contribution is -2.27. The maximum absolute atomic E-state index is 6.39. The summed E-state index contributed by atoms with van der Waals surface area (Å²) in [5, 5.41) is 0. The monoisotopic (exact) mass is 232 g/mol. The number of aryl methyl sites for hydroxylation is 1. The van der Waals surface area contributed by atoms with Gasteiger partial charge < -0.3 is 5.73 Å². The van der Waals surface area contributed by atoms with E-state index in [1.165, 1.54) is 37.7 Å². The molecule has 0 bridgehead atoms. The van der Waals surface area contributed by atoms with E-state index in [0.717, 1.165) is 11.6 Å². The van der Waals surface area contributed by atoms with Crippen LogP contribution in [0.2, 0.25) is 0 Å². The van der Waals surface area contributed by atoms with Crippen molar-refractivity contribution in [2.45, 2.75) is 52.0 Å². The fourth-order valence-corrected chi connectivity index (χ4v) is 3.01. The van der Waals surface area contributed by atoms with Crippen molar-refractivity contribution in [3.05, 3.63) is 29.6 Å². The summed E-state index contributed by atoms with van der Waals surface area (Å²) in [6.07, 6.45) is 8.46. The first-order valence-electron chi connectivity index (χ1n) is 6.88. The van der Waals surface area contributed by atoms with Crippen molar-refractivity contribution in [1.82, 2.24) is 4.98 Å². The van der Waals surface area contributed by atoms with Crippen LogP contribution in [0.25, 0.3) is 0 Å². The minimum atomic E-state index is 0.129. The Kier molecular flexibility index (Phi) is 4.16. The number of pyridine rings is 1. The summed E-state index contributed by atoms with van der Waals surface area (Å²) in [7, 11) is 0. The van der Waals surface area contributed by atoms with Crippen molar-refractivity contribution in [2.75, 3.05) is 0 Å². The Bertz CT molecular complexity index is 362. The third-order valence-corrected chi connectivity index (χ3v) is 4.19. The first kappa shape index (κ1) is 12.6. The largest absolute Gasteiger partial charge is 0.322 e. The fraction of sp³-hybridized carbons (Fsp3) is 0.667. The predicted octanol–water partition coefficient (Wildman–Crippen LogP) is 3.61. The highest BCUT2D eigenvalue weighted by molar-refractivity contribution is 5.17. The van der Waals surface area contributed by atoms with Crippen LogP contribution in [-0.4, -0.2) is 4.98 Å². The number of aromatic nitrogens is 1. The van der Waals surface area contributed by atoms with E-state index in [9.17, 15) is 0 Å². The van der Waals surface area contributed by atoms with E-state index in [0.29, 0.717) is 5.92 Å². The van der Waals surface area contributed by atoms with E-state index in [1.807, 2.05) is 12.3 Å². The lowest BCUT2D eigenvalue weighted by molar-refractivity contribution is 0.228. The maximum Gasteiger partial charge on any atom is 0.0576 e. The van der Waals surface area contributed by atoms with Gasteiger partial charge in [0.1, 0.15) is 0 Å². The minimum absolute atomic E-state index is 0.129. The Balaban J connectivity index is 2.06. The molecule has 94 valence electrons. The highest BCUT2D eigenvalue weighted by atomic mass is 14.8. The molecule has 1 heterocycles. The molecule has 0 aliphatic heterocycles. The molecule has 0 aromatic carbocycles. The van der Waals surface area contributed by atoms with E-state index >= 15 is 0 Å². The number of nitrogens with two attached hydrogens (primary N) is 1. The SMILES string of the molecule is CCC1CCCC(C(N)c2cc(C)ccn2)C1. The van der Waals surface area contributed by atoms with Crippen LogP contribution in [0.3, 0.4) is 0 Å². The Morgan fingerprint density at radius 1 is 1.47 bits per heavy atom. The molecular formula is C15H24N2. The second kappa shape index (κ2) is 5.63. The van der Waals surface area contributed by atoms with Crippen molar-refractivity contribution >= 4 is 0 Å². The smallest absolute Gasteiger partial charge is 0.0576 e. The highest BCUT2D eigenvalue weighted by Gasteiger charge is 2.27. The number of hydrogen-bond acceptors (Lipinski definition) is 2. The van der Waals surface area contributed by atoms with Crippen molar-refractivity contribution in [3.63, 3.8) is 0 Å². The van der Waals surface area contributed by atoms with Gasteiger partial charge in [-0.15, -0.1) is 0 Å². The summed E-state index contributed by atoms with van der Waals surface area (Å²) in [6, 6.07) is 4.30. The quantitative estimate of drug-likeness (QED) is 0.864. The number of hydrogen-bond donors (Lipinski definition) is 1. The molecule has 3 atom stereocenters. The topological polar surface area (TPSA) is 38.9 Å². The first-order valence-corrected chi connectivity index (χ1v) is 6.88. The molecule has 0 saturated heterocycles. The molecule has 2 N–H and O–H groups in total. The van der Waals surface area contributed by atoms with Gasteiger partial charge in [-0.05, 0) is 49.3 Å². The molecule has 2 nitrogen and oxygen atoms in total. The summed E-state index contributed by atoms with van der Waals surface area (Å²) >= 11 is 0. The van der Waals surface area contributed by atoms with E-state index in [-0.39, 0.29) is 6.04 Å². The van der Waals surface area contributed by atoms with Crippen LogP contribution in [-0.2, 0) is 0 Å². The van der Waals surface area contributed by atoms with Gasteiger partial charge in [0.15, 0.2) is 0 Å². The molecule has 1 saturated carbocycles. The van der Waals surface area contributed by atoms with Crippen LogP contribution in [0.5, 0.6) is 0 Å². The molecule has 0 spiro atoms. The van der Waals surface area contributed by atoms with Gasteiger partial charge in [0, 0.05) is 12.2 Å². The van der Waals surface area contributed by atoms with Crippen LogP contribution < -0.4 is 5.73 Å². The van der Waals surface area contributed by atoms with Gasteiger partial charge in [-0.3, -0.25) is 4.98 Å². The number of rotatable bonds is 3. The van der Waals surface area contributed by atoms with Crippen molar-refractivity contribution < 1.29 is 0 Å². The molecule has 2 heteroatoms. The molecule has 1 aromatic heterocycles.